The summed E-state index contributed by atoms with van der Waals surface area (Å²) in [5.74, 6) is -1.02. The van der Waals surface area contributed by atoms with Gasteiger partial charge in [-0.1, -0.05) is 13.8 Å². The molecule has 9 nitrogen and oxygen atoms in total. The van der Waals surface area contributed by atoms with E-state index in [-0.39, 0.29) is 46.0 Å². The highest BCUT2D eigenvalue weighted by atomic mass is 32.2. The van der Waals surface area contributed by atoms with Gasteiger partial charge in [0.2, 0.25) is 10.0 Å². The standard InChI is InChI=1S/C20H26N2O7S2/c1-5-22(6-2)31(27,28)17-11-12-19(29-14(3)4)18(13-17)21-30(25,26)16-9-7-15(8-10-16)20(23)24/h7-14,21H,5-6H2,1-4H3,(H,23,24). The predicted octanol–water partition coefficient (Wildman–Crippen LogP) is 3.00. The Morgan fingerprint density at radius 3 is 2.03 bits per heavy atom. The van der Waals surface area contributed by atoms with Crippen LogP contribution in [-0.2, 0) is 20.0 Å². The molecule has 0 unspecified atom stereocenters. The highest BCUT2D eigenvalue weighted by Gasteiger charge is 2.25. The van der Waals surface area contributed by atoms with Crippen molar-refractivity contribution in [2.45, 2.75) is 43.6 Å². The average Bonchev–Trinajstić information content (AvgIpc) is 2.69. The molecule has 0 bridgehead atoms. The fraction of sp³-hybridized carbons (Fsp3) is 0.350. The third-order valence-electron chi connectivity index (χ3n) is 4.31. The Labute approximate surface area is 182 Å². The molecule has 0 aromatic heterocycles. The Hall–Kier alpha value is -2.63. The zero-order valence-corrected chi connectivity index (χ0v) is 19.3. The summed E-state index contributed by atoms with van der Waals surface area (Å²) in [6.45, 7) is 7.45. The molecule has 0 heterocycles. The van der Waals surface area contributed by atoms with Gasteiger partial charge in [-0.25, -0.2) is 21.6 Å². The molecule has 31 heavy (non-hydrogen) atoms. The van der Waals surface area contributed by atoms with Crippen LogP contribution < -0.4 is 9.46 Å². The fourth-order valence-electron chi connectivity index (χ4n) is 2.80. The molecule has 0 amide bonds. The molecule has 2 N–H and O–H groups in total. The second-order valence-electron chi connectivity index (χ2n) is 6.85. The first-order valence-corrected chi connectivity index (χ1v) is 12.5. The van der Waals surface area contributed by atoms with Gasteiger partial charge in [0.15, 0.2) is 0 Å². The van der Waals surface area contributed by atoms with Crippen LogP contribution in [0.25, 0.3) is 0 Å². The molecule has 2 aromatic rings. The summed E-state index contributed by atoms with van der Waals surface area (Å²) in [5, 5.41) is 8.98. The lowest BCUT2D eigenvalue weighted by atomic mass is 10.2. The minimum absolute atomic E-state index is 0.0377. The maximum Gasteiger partial charge on any atom is 0.335 e. The Bertz CT molecular complexity index is 1140. The van der Waals surface area contributed by atoms with Crippen LogP contribution >= 0.6 is 0 Å². The van der Waals surface area contributed by atoms with E-state index in [4.69, 9.17) is 9.84 Å². The molecule has 0 saturated carbocycles. The topological polar surface area (TPSA) is 130 Å². The van der Waals surface area contributed by atoms with Crippen LogP contribution in [0.5, 0.6) is 5.75 Å². The number of ether oxygens (including phenoxy) is 1. The molecule has 0 aliphatic carbocycles. The Balaban J connectivity index is 2.52. The van der Waals surface area contributed by atoms with Crippen molar-refractivity contribution >= 4 is 31.7 Å². The number of carbonyl (C=O) groups is 1. The Kier molecular flexibility index (Phi) is 7.68. The van der Waals surface area contributed by atoms with Gasteiger partial charge in [-0.05, 0) is 56.3 Å². The van der Waals surface area contributed by atoms with Gasteiger partial charge >= 0.3 is 5.97 Å². The number of carboxylic acid groups (broad SMARTS) is 1. The van der Waals surface area contributed by atoms with Crippen LogP contribution in [0.15, 0.2) is 52.3 Å². The monoisotopic (exact) mass is 470 g/mol. The number of benzene rings is 2. The molecule has 2 aromatic carbocycles. The minimum Gasteiger partial charge on any atom is -0.489 e. The Morgan fingerprint density at radius 1 is 1.00 bits per heavy atom. The molecule has 0 atom stereocenters. The number of sulfonamides is 2. The summed E-state index contributed by atoms with van der Waals surface area (Å²) in [6.07, 6.45) is -0.289. The maximum atomic E-state index is 12.9. The molecule has 0 aliphatic rings. The third-order valence-corrected chi connectivity index (χ3v) is 7.74. The highest BCUT2D eigenvalue weighted by molar-refractivity contribution is 7.92. The van der Waals surface area contributed by atoms with Crippen molar-refractivity contribution in [2.24, 2.45) is 0 Å². The second-order valence-corrected chi connectivity index (χ2v) is 10.5. The summed E-state index contributed by atoms with van der Waals surface area (Å²) in [6, 6.07) is 8.64. The number of carboxylic acids is 1. The van der Waals surface area contributed by atoms with Gasteiger partial charge < -0.3 is 9.84 Å². The van der Waals surface area contributed by atoms with Crippen LogP contribution in [0.1, 0.15) is 38.1 Å². The molecule has 11 heteroatoms. The van der Waals surface area contributed by atoms with E-state index < -0.39 is 26.0 Å². The van der Waals surface area contributed by atoms with Gasteiger partial charge in [0.1, 0.15) is 5.75 Å². The minimum atomic E-state index is -4.14. The van der Waals surface area contributed by atoms with Gasteiger partial charge in [-0.15, -0.1) is 0 Å². The zero-order valence-electron chi connectivity index (χ0n) is 17.7. The van der Waals surface area contributed by atoms with E-state index in [1.165, 1.54) is 34.6 Å². The van der Waals surface area contributed by atoms with Gasteiger partial charge in [0, 0.05) is 13.1 Å². The van der Waals surface area contributed by atoms with E-state index in [9.17, 15) is 21.6 Å². The fourth-order valence-corrected chi connectivity index (χ4v) is 5.34. The van der Waals surface area contributed by atoms with Crippen molar-refractivity contribution in [1.82, 2.24) is 4.31 Å². The molecule has 0 aliphatic heterocycles. The van der Waals surface area contributed by atoms with Crippen LogP contribution in [0.3, 0.4) is 0 Å². The first-order valence-electron chi connectivity index (χ1n) is 9.59. The first kappa shape index (κ1) is 24.6. The van der Waals surface area contributed by atoms with E-state index in [0.717, 1.165) is 12.1 Å². The van der Waals surface area contributed by atoms with Crippen LogP contribution in [0.2, 0.25) is 0 Å². The smallest absolute Gasteiger partial charge is 0.335 e. The van der Waals surface area contributed by atoms with Crippen molar-refractivity contribution < 1.29 is 31.5 Å². The van der Waals surface area contributed by atoms with Crippen molar-refractivity contribution in [1.29, 1.82) is 0 Å². The summed E-state index contributed by atoms with van der Waals surface area (Å²) < 4.78 is 60.7. The van der Waals surface area contributed by atoms with Crippen molar-refractivity contribution in [3.8, 4) is 5.75 Å². The van der Waals surface area contributed by atoms with Gasteiger partial charge in [0.05, 0.1) is 27.1 Å². The number of anilines is 1. The van der Waals surface area contributed by atoms with Gasteiger partial charge in [0.25, 0.3) is 10.0 Å². The molecule has 0 radical (unpaired) electrons. The molecule has 0 saturated heterocycles. The molecule has 2 rings (SSSR count). The number of nitrogens with zero attached hydrogens (tertiary/aromatic N) is 1. The summed E-state index contributed by atoms with van der Waals surface area (Å²) in [7, 11) is -7.97. The summed E-state index contributed by atoms with van der Waals surface area (Å²) in [5.41, 5.74) is -0.0978. The van der Waals surface area contributed by atoms with Crippen molar-refractivity contribution in [3.05, 3.63) is 48.0 Å². The maximum absolute atomic E-state index is 12.9. The van der Waals surface area contributed by atoms with Gasteiger partial charge in [-0.3, -0.25) is 4.72 Å². The second kappa shape index (κ2) is 9.67. The van der Waals surface area contributed by atoms with Crippen molar-refractivity contribution in [2.75, 3.05) is 17.8 Å². The van der Waals surface area contributed by atoms with Crippen molar-refractivity contribution in [3.63, 3.8) is 0 Å². The van der Waals surface area contributed by atoms with E-state index in [1.807, 2.05) is 0 Å². The molecule has 170 valence electrons. The normalized spacial score (nSPS) is 12.2. The molecule has 0 fully saturated rings. The molecular formula is C20H26N2O7S2. The number of hydrogen-bond donors (Lipinski definition) is 2. The van der Waals surface area contributed by atoms with E-state index in [2.05, 4.69) is 4.72 Å². The quantitative estimate of drug-likeness (QED) is 0.546. The number of rotatable bonds is 10. The summed E-state index contributed by atoms with van der Waals surface area (Å²) in [4.78, 5) is 10.7. The lowest BCUT2D eigenvalue weighted by Gasteiger charge is -2.21. The van der Waals surface area contributed by atoms with Gasteiger partial charge in [-0.2, -0.15) is 4.31 Å². The highest BCUT2D eigenvalue weighted by Crippen LogP contribution is 2.32. The summed E-state index contributed by atoms with van der Waals surface area (Å²) >= 11 is 0. The third kappa shape index (κ3) is 5.75. The zero-order chi connectivity index (χ0) is 23.4. The lowest BCUT2D eigenvalue weighted by molar-refractivity contribution is 0.0696. The first-order chi connectivity index (χ1) is 14.4. The van der Waals surface area contributed by atoms with Crippen LogP contribution in [0, 0.1) is 0 Å². The molecular weight excluding hydrogens is 444 g/mol. The lowest BCUT2D eigenvalue weighted by Crippen LogP contribution is -2.30. The van der Waals surface area contributed by atoms with E-state index in [1.54, 1.807) is 27.7 Å². The molecule has 0 spiro atoms. The number of nitrogens with one attached hydrogen (secondary N) is 1. The van der Waals surface area contributed by atoms with E-state index in [0.29, 0.717) is 0 Å². The SMILES string of the molecule is CCN(CC)S(=O)(=O)c1ccc(OC(C)C)c(NS(=O)(=O)c2ccc(C(=O)O)cc2)c1. The van der Waals surface area contributed by atoms with Crippen LogP contribution in [0.4, 0.5) is 5.69 Å². The number of hydrogen-bond acceptors (Lipinski definition) is 6. The average molecular weight is 471 g/mol. The number of aromatic carboxylic acids is 1. The van der Waals surface area contributed by atoms with Crippen LogP contribution in [-0.4, -0.2) is 51.4 Å². The Morgan fingerprint density at radius 2 is 1.55 bits per heavy atom. The predicted molar refractivity (Wildman–Crippen MR) is 117 cm³/mol. The largest absolute Gasteiger partial charge is 0.489 e. The van der Waals surface area contributed by atoms with E-state index >= 15 is 0 Å².